The number of fused-ring (bicyclic) bond motifs is 1. The second-order valence-corrected chi connectivity index (χ2v) is 4.92. The molecule has 88 valence electrons. The Morgan fingerprint density at radius 3 is 2.94 bits per heavy atom. The number of anilines is 1. The lowest BCUT2D eigenvalue weighted by Crippen LogP contribution is -2.02. The molecule has 4 heteroatoms. The van der Waals surface area contributed by atoms with Gasteiger partial charge in [0.1, 0.15) is 5.82 Å². The fraction of sp³-hybridized carbons (Fsp3) is 0.308. The van der Waals surface area contributed by atoms with E-state index in [1.54, 1.807) is 0 Å². The average molecular weight is 248 g/mol. The number of hydrogen-bond acceptors (Lipinski definition) is 2. The summed E-state index contributed by atoms with van der Waals surface area (Å²) in [5, 5.41) is 5.18. The molecule has 0 saturated carbocycles. The summed E-state index contributed by atoms with van der Waals surface area (Å²) in [6.45, 7) is 1.99. The Hall–Kier alpha value is -1.48. The molecule has 1 aromatic carbocycles. The van der Waals surface area contributed by atoms with E-state index in [1.807, 2.05) is 29.8 Å². The normalized spacial score (nSPS) is 14.0. The number of rotatable bonds is 1. The van der Waals surface area contributed by atoms with Gasteiger partial charge in [-0.15, -0.1) is 0 Å². The van der Waals surface area contributed by atoms with Crippen molar-refractivity contribution in [3.05, 3.63) is 40.0 Å². The van der Waals surface area contributed by atoms with E-state index >= 15 is 0 Å². The highest BCUT2D eigenvalue weighted by molar-refractivity contribution is 6.31. The maximum atomic E-state index is 6.15. The van der Waals surface area contributed by atoms with Crippen molar-refractivity contribution < 1.29 is 0 Å². The highest BCUT2D eigenvalue weighted by atomic mass is 35.5. The topological polar surface area (TPSA) is 43.8 Å². The van der Waals surface area contributed by atoms with Crippen molar-refractivity contribution in [2.75, 3.05) is 5.73 Å². The quantitative estimate of drug-likeness (QED) is 0.842. The van der Waals surface area contributed by atoms with Crippen LogP contribution in [0.1, 0.15) is 23.2 Å². The van der Waals surface area contributed by atoms with Crippen LogP contribution in [-0.2, 0) is 12.8 Å². The van der Waals surface area contributed by atoms with Gasteiger partial charge in [-0.1, -0.05) is 17.7 Å². The molecular weight excluding hydrogens is 234 g/mol. The van der Waals surface area contributed by atoms with Crippen LogP contribution >= 0.6 is 11.6 Å². The summed E-state index contributed by atoms with van der Waals surface area (Å²) in [5.41, 5.74) is 10.5. The molecule has 0 spiro atoms. The van der Waals surface area contributed by atoms with Crippen molar-refractivity contribution >= 4 is 17.4 Å². The summed E-state index contributed by atoms with van der Waals surface area (Å²) in [5.74, 6) is 0.661. The Balaban J connectivity index is 2.15. The van der Waals surface area contributed by atoms with Crippen LogP contribution in [0.15, 0.2) is 18.2 Å². The van der Waals surface area contributed by atoms with E-state index in [-0.39, 0.29) is 0 Å². The number of nitrogens with two attached hydrogens (primary N) is 1. The van der Waals surface area contributed by atoms with Crippen molar-refractivity contribution in [1.29, 1.82) is 0 Å². The van der Waals surface area contributed by atoms with Gasteiger partial charge in [0.2, 0.25) is 0 Å². The minimum atomic E-state index is 0.661. The molecule has 0 bridgehead atoms. The van der Waals surface area contributed by atoms with Gasteiger partial charge in [0, 0.05) is 16.3 Å². The second kappa shape index (κ2) is 3.77. The maximum absolute atomic E-state index is 6.15. The highest BCUT2D eigenvalue weighted by Crippen LogP contribution is 2.30. The third-order valence-electron chi connectivity index (χ3n) is 3.36. The first kappa shape index (κ1) is 10.7. The molecule has 3 rings (SSSR count). The van der Waals surface area contributed by atoms with Crippen molar-refractivity contribution in [3.63, 3.8) is 0 Å². The fourth-order valence-corrected chi connectivity index (χ4v) is 2.57. The number of halogens is 1. The van der Waals surface area contributed by atoms with Crippen molar-refractivity contribution in [1.82, 2.24) is 9.78 Å². The van der Waals surface area contributed by atoms with Crippen LogP contribution in [0.4, 0.5) is 5.82 Å². The molecule has 17 heavy (non-hydrogen) atoms. The SMILES string of the molecule is Cc1ccc(-n2nc(N)c3c2CCC3)cc1Cl. The molecule has 0 radical (unpaired) electrons. The van der Waals surface area contributed by atoms with Crippen molar-refractivity contribution in [2.45, 2.75) is 26.2 Å². The predicted octanol–water partition coefficient (Wildman–Crippen LogP) is 2.91. The summed E-state index contributed by atoms with van der Waals surface area (Å²) >= 11 is 6.15. The molecule has 2 N–H and O–H groups in total. The van der Waals surface area contributed by atoms with Gasteiger partial charge < -0.3 is 5.73 Å². The zero-order valence-electron chi connectivity index (χ0n) is 9.70. The van der Waals surface area contributed by atoms with E-state index in [0.29, 0.717) is 5.82 Å². The minimum absolute atomic E-state index is 0.661. The van der Waals surface area contributed by atoms with Gasteiger partial charge in [-0.25, -0.2) is 4.68 Å². The van der Waals surface area contributed by atoms with E-state index in [4.69, 9.17) is 17.3 Å². The Labute approximate surface area is 105 Å². The summed E-state index contributed by atoms with van der Waals surface area (Å²) in [7, 11) is 0. The second-order valence-electron chi connectivity index (χ2n) is 4.51. The number of nitrogen functional groups attached to an aromatic ring is 1. The third-order valence-corrected chi connectivity index (χ3v) is 3.77. The van der Waals surface area contributed by atoms with Crippen LogP contribution in [0.5, 0.6) is 0 Å². The van der Waals surface area contributed by atoms with Crippen LogP contribution in [-0.4, -0.2) is 9.78 Å². The van der Waals surface area contributed by atoms with Crippen LogP contribution < -0.4 is 5.73 Å². The Morgan fingerprint density at radius 2 is 2.18 bits per heavy atom. The third kappa shape index (κ3) is 1.62. The highest BCUT2D eigenvalue weighted by Gasteiger charge is 2.21. The summed E-state index contributed by atoms with van der Waals surface area (Å²) in [4.78, 5) is 0. The molecule has 2 aromatic rings. The molecule has 0 saturated heterocycles. The van der Waals surface area contributed by atoms with E-state index < -0.39 is 0 Å². The van der Waals surface area contributed by atoms with E-state index in [9.17, 15) is 0 Å². The molecule has 3 nitrogen and oxygen atoms in total. The smallest absolute Gasteiger partial charge is 0.149 e. The molecule has 0 fully saturated rings. The van der Waals surface area contributed by atoms with Gasteiger partial charge in [0.15, 0.2) is 0 Å². The Morgan fingerprint density at radius 1 is 1.35 bits per heavy atom. The molecule has 1 heterocycles. The summed E-state index contributed by atoms with van der Waals surface area (Å²) < 4.78 is 1.93. The molecular formula is C13H14ClN3. The van der Waals surface area contributed by atoms with Gasteiger partial charge in [-0.3, -0.25) is 0 Å². The van der Waals surface area contributed by atoms with E-state index in [1.165, 1.54) is 11.3 Å². The predicted molar refractivity (Wildman–Crippen MR) is 69.7 cm³/mol. The summed E-state index contributed by atoms with van der Waals surface area (Å²) in [6, 6.07) is 5.99. The van der Waals surface area contributed by atoms with Crippen LogP contribution in [0, 0.1) is 6.92 Å². The zero-order chi connectivity index (χ0) is 12.0. The number of nitrogens with zero attached hydrogens (tertiary/aromatic N) is 2. The molecule has 1 aliphatic carbocycles. The zero-order valence-corrected chi connectivity index (χ0v) is 10.5. The first-order chi connectivity index (χ1) is 8.16. The Kier molecular flexibility index (Phi) is 2.37. The Bertz CT molecular complexity index is 587. The van der Waals surface area contributed by atoms with Crippen LogP contribution in [0.25, 0.3) is 5.69 Å². The molecule has 0 aliphatic heterocycles. The van der Waals surface area contributed by atoms with Gasteiger partial charge in [0.05, 0.1) is 5.69 Å². The number of hydrogen-bond donors (Lipinski definition) is 1. The van der Waals surface area contributed by atoms with Gasteiger partial charge in [-0.05, 0) is 43.9 Å². The van der Waals surface area contributed by atoms with Crippen LogP contribution in [0.2, 0.25) is 5.02 Å². The fourth-order valence-electron chi connectivity index (χ4n) is 2.39. The lowest BCUT2D eigenvalue weighted by molar-refractivity contribution is 0.788. The van der Waals surface area contributed by atoms with Crippen molar-refractivity contribution in [2.24, 2.45) is 0 Å². The average Bonchev–Trinajstić information content (AvgIpc) is 2.87. The molecule has 0 unspecified atom stereocenters. The van der Waals surface area contributed by atoms with Gasteiger partial charge >= 0.3 is 0 Å². The standard InChI is InChI=1S/C13H14ClN3/c1-8-5-6-9(7-11(8)14)17-12-4-2-3-10(12)13(15)16-17/h5-7H,2-4H2,1H3,(H2,15,16). The van der Waals surface area contributed by atoms with Gasteiger partial charge in [-0.2, -0.15) is 5.10 Å². The monoisotopic (exact) mass is 247 g/mol. The molecule has 0 amide bonds. The number of aromatic nitrogens is 2. The van der Waals surface area contributed by atoms with Crippen molar-refractivity contribution in [3.8, 4) is 5.69 Å². The van der Waals surface area contributed by atoms with Gasteiger partial charge in [0.25, 0.3) is 0 Å². The number of aryl methyl sites for hydroxylation is 1. The van der Waals surface area contributed by atoms with Crippen LogP contribution in [0.3, 0.4) is 0 Å². The first-order valence-electron chi connectivity index (χ1n) is 5.79. The first-order valence-corrected chi connectivity index (χ1v) is 6.17. The van der Waals surface area contributed by atoms with E-state index in [0.717, 1.165) is 35.5 Å². The lowest BCUT2D eigenvalue weighted by Gasteiger charge is -2.07. The lowest BCUT2D eigenvalue weighted by atomic mass is 10.2. The van der Waals surface area contributed by atoms with E-state index in [2.05, 4.69) is 5.10 Å². The molecule has 1 aliphatic rings. The molecule has 0 atom stereocenters. The minimum Gasteiger partial charge on any atom is -0.382 e. The largest absolute Gasteiger partial charge is 0.382 e. The maximum Gasteiger partial charge on any atom is 0.149 e. The number of benzene rings is 1. The molecule has 1 aromatic heterocycles. The summed E-state index contributed by atoms with van der Waals surface area (Å²) in [6.07, 6.45) is 3.25.